The first-order valence-corrected chi connectivity index (χ1v) is 7.33. The predicted octanol–water partition coefficient (Wildman–Crippen LogP) is 3.13. The lowest BCUT2D eigenvalue weighted by atomic mass is 9.99. The Hall–Kier alpha value is -1.79. The molecule has 2 heterocycles. The van der Waals surface area contributed by atoms with Crippen molar-refractivity contribution in [3.63, 3.8) is 0 Å². The van der Waals surface area contributed by atoms with E-state index in [1.54, 1.807) is 4.90 Å². The monoisotopic (exact) mass is 316 g/mol. The zero-order valence-electron chi connectivity index (χ0n) is 12.6. The number of likely N-dealkylation sites (tertiary alicyclic amines) is 1. The molecule has 0 saturated carbocycles. The van der Waals surface area contributed by atoms with Gasteiger partial charge < -0.3 is 9.64 Å². The highest BCUT2D eigenvalue weighted by Crippen LogP contribution is 2.31. The second kappa shape index (κ2) is 6.54. The van der Waals surface area contributed by atoms with Crippen molar-refractivity contribution in [1.82, 2.24) is 9.88 Å². The number of pyridine rings is 1. The summed E-state index contributed by atoms with van der Waals surface area (Å²) in [4.78, 5) is 17.5. The molecule has 122 valence electrons. The van der Waals surface area contributed by atoms with Gasteiger partial charge in [0, 0.05) is 18.2 Å². The molecule has 1 aliphatic rings. The Morgan fingerprint density at radius 3 is 2.59 bits per heavy atom. The van der Waals surface area contributed by atoms with Gasteiger partial charge in [-0.3, -0.25) is 4.79 Å². The van der Waals surface area contributed by atoms with Crippen molar-refractivity contribution in [2.75, 3.05) is 13.1 Å². The van der Waals surface area contributed by atoms with Crippen molar-refractivity contribution in [2.45, 2.75) is 39.0 Å². The van der Waals surface area contributed by atoms with Crippen LogP contribution in [0.4, 0.5) is 13.2 Å². The predicted molar refractivity (Wildman–Crippen MR) is 74.3 cm³/mol. The Bertz CT molecular complexity index is 524. The third-order valence-electron chi connectivity index (χ3n) is 3.84. The number of nitrogens with zero attached hydrogens (tertiary/aromatic N) is 2. The van der Waals surface area contributed by atoms with Gasteiger partial charge in [-0.2, -0.15) is 13.2 Å². The Labute approximate surface area is 127 Å². The summed E-state index contributed by atoms with van der Waals surface area (Å²) in [5.74, 6) is 0.0314. The maximum atomic E-state index is 12.6. The molecule has 22 heavy (non-hydrogen) atoms. The van der Waals surface area contributed by atoms with Crippen molar-refractivity contribution < 1.29 is 22.7 Å². The van der Waals surface area contributed by atoms with E-state index in [4.69, 9.17) is 4.74 Å². The summed E-state index contributed by atoms with van der Waals surface area (Å²) in [6.45, 7) is 4.72. The molecule has 1 aromatic heterocycles. The zero-order valence-corrected chi connectivity index (χ0v) is 12.6. The molecule has 0 N–H and O–H groups in total. The van der Waals surface area contributed by atoms with E-state index >= 15 is 0 Å². The van der Waals surface area contributed by atoms with Crippen LogP contribution in [0.3, 0.4) is 0 Å². The fourth-order valence-corrected chi connectivity index (χ4v) is 2.41. The smallest absolute Gasteiger partial charge is 0.416 e. The molecule has 2 rings (SSSR count). The fourth-order valence-electron chi connectivity index (χ4n) is 2.41. The van der Waals surface area contributed by atoms with Crippen LogP contribution in [0, 0.1) is 5.92 Å². The third kappa shape index (κ3) is 3.69. The van der Waals surface area contributed by atoms with Crippen molar-refractivity contribution in [1.29, 1.82) is 0 Å². The minimum atomic E-state index is -4.42. The lowest BCUT2D eigenvalue weighted by Gasteiger charge is -2.40. The lowest BCUT2D eigenvalue weighted by molar-refractivity contribution is -0.144. The van der Waals surface area contributed by atoms with E-state index in [-0.39, 0.29) is 23.8 Å². The molecular formula is C15H19F3N2O2. The quantitative estimate of drug-likeness (QED) is 0.838. The summed E-state index contributed by atoms with van der Waals surface area (Å²) < 4.78 is 43.2. The van der Waals surface area contributed by atoms with Gasteiger partial charge in [0.1, 0.15) is 6.10 Å². The number of halogens is 3. The van der Waals surface area contributed by atoms with Gasteiger partial charge in [-0.05, 0) is 18.9 Å². The van der Waals surface area contributed by atoms with Crippen LogP contribution in [0.15, 0.2) is 18.3 Å². The standard InChI is InChI=1S/C15H19F3N2O2/c1-3-10(4-2)14(21)20-8-12(9-20)22-13-7-11(5-6-19-13)15(16,17)18/h5-7,10,12H,3-4,8-9H2,1-2H3. The number of ether oxygens (including phenoxy) is 1. The van der Waals surface area contributed by atoms with Crippen LogP contribution in [-0.4, -0.2) is 35.0 Å². The molecule has 0 atom stereocenters. The van der Waals surface area contributed by atoms with Crippen LogP contribution < -0.4 is 4.74 Å². The molecule has 7 heteroatoms. The van der Waals surface area contributed by atoms with Gasteiger partial charge in [0.25, 0.3) is 0 Å². The van der Waals surface area contributed by atoms with E-state index in [2.05, 4.69) is 4.98 Å². The van der Waals surface area contributed by atoms with Crippen molar-refractivity contribution >= 4 is 5.91 Å². The van der Waals surface area contributed by atoms with Crippen molar-refractivity contribution in [3.05, 3.63) is 23.9 Å². The fraction of sp³-hybridized carbons (Fsp3) is 0.600. The first kappa shape index (κ1) is 16.6. The SMILES string of the molecule is CCC(CC)C(=O)N1CC(Oc2cc(C(F)(F)F)ccn2)C1. The van der Waals surface area contributed by atoms with E-state index in [1.807, 2.05) is 13.8 Å². The molecule has 0 aliphatic carbocycles. The summed E-state index contributed by atoms with van der Waals surface area (Å²) in [5, 5.41) is 0. The molecule has 0 spiro atoms. The summed E-state index contributed by atoms with van der Waals surface area (Å²) in [6, 6.07) is 1.78. The normalized spacial score (nSPS) is 15.8. The van der Waals surface area contributed by atoms with Gasteiger partial charge in [0.15, 0.2) is 0 Å². The summed E-state index contributed by atoms with van der Waals surface area (Å²) >= 11 is 0. The minimum Gasteiger partial charge on any atom is -0.471 e. The maximum Gasteiger partial charge on any atom is 0.416 e. The Kier molecular flexibility index (Phi) is 4.93. The van der Waals surface area contributed by atoms with Gasteiger partial charge in [0.05, 0.1) is 18.7 Å². The highest BCUT2D eigenvalue weighted by atomic mass is 19.4. The van der Waals surface area contributed by atoms with Gasteiger partial charge in [-0.1, -0.05) is 13.8 Å². The maximum absolute atomic E-state index is 12.6. The van der Waals surface area contributed by atoms with E-state index in [0.717, 1.165) is 31.2 Å². The number of aromatic nitrogens is 1. The first-order valence-electron chi connectivity index (χ1n) is 7.33. The molecule has 1 aromatic rings. The van der Waals surface area contributed by atoms with E-state index < -0.39 is 11.7 Å². The van der Waals surface area contributed by atoms with Crippen LogP contribution in [0.2, 0.25) is 0 Å². The second-order valence-electron chi connectivity index (χ2n) is 5.38. The third-order valence-corrected chi connectivity index (χ3v) is 3.84. The number of hydrogen-bond donors (Lipinski definition) is 0. The molecular weight excluding hydrogens is 297 g/mol. The van der Waals surface area contributed by atoms with E-state index in [9.17, 15) is 18.0 Å². The number of carbonyl (C=O) groups is 1. The van der Waals surface area contributed by atoms with Crippen LogP contribution >= 0.6 is 0 Å². The second-order valence-corrected chi connectivity index (χ2v) is 5.38. The van der Waals surface area contributed by atoms with Gasteiger partial charge in [0.2, 0.25) is 11.8 Å². The lowest BCUT2D eigenvalue weighted by Crippen LogP contribution is -2.57. The molecule has 0 aromatic carbocycles. The minimum absolute atomic E-state index is 0.00707. The average Bonchev–Trinajstić information content (AvgIpc) is 2.43. The molecule has 0 radical (unpaired) electrons. The number of amides is 1. The molecule has 1 amide bonds. The number of alkyl halides is 3. The van der Waals surface area contributed by atoms with Crippen LogP contribution in [0.5, 0.6) is 5.88 Å². The Balaban J connectivity index is 1.89. The summed E-state index contributed by atoms with van der Waals surface area (Å²) in [6.07, 6.45) is -2.07. The molecule has 1 aliphatic heterocycles. The van der Waals surface area contributed by atoms with Gasteiger partial charge >= 0.3 is 6.18 Å². The highest BCUT2D eigenvalue weighted by Gasteiger charge is 2.36. The molecule has 1 fully saturated rings. The molecule has 0 bridgehead atoms. The average molecular weight is 316 g/mol. The summed E-state index contributed by atoms with van der Waals surface area (Å²) in [5.41, 5.74) is -0.790. The molecule has 4 nitrogen and oxygen atoms in total. The molecule has 1 saturated heterocycles. The summed E-state index contributed by atoms with van der Waals surface area (Å²) in [7, 11) is 0. The van der Waals surface area contributed by atoms with Gasteiger partial charge in [-0.15, -0.1) is 0 Å². The number of rotatable bonds is 5. The highest BCUT2D eigenvalue weighted by molar-refractivity contribution is 5.79. The molecule has 0 unspecified atom stereocenters. The first-order chi connectivity index (χ1) is 10.3. The van der Waals surface area contributed by atoms with Gasteiger partial charge in [-0.25, -0.2) is 4.98 Å². The Morgan fingerprint density at radius 2 is 2.05 bits per heavy atom. The number of hydrogen-bond acceptors (Lipinski definition) is 3. The largest absolute Gasteiger partial charge is 0.471 e. The zero-order chi connectivity index (χ0) is 16.3. The van der Waals surface area contributed by atoms with Crippen LogP contribution in [0.25, 0.3) is 0 Å². The van der Waals surface area contributed by atoms with Crippen LogP contribution in [0.1, 0.15) is 32.3 Å². The van der Waals surface area contributed by atoms with E-state index in [1.165, 1.54) is 0 Å². The van der Waals surface area contributed by atoms with E-state index in [0.29, 0.717) is 13.1 Å². The Morgan fingerprint density at radius 1 is 1.41 bits per heavy atom. The topological polar surface area (TPSA) is 42.4 Å². The van der Waals surface area contributed by atoms with Crippen molar-refractivity contribution in [2.24, 2.45) is 5.92 Å². The van der Waals surface area contributed by atoms with Crippen molar-refractivity contribution in [3.8, 4) is 5.88 Å². The number of carbonyl (C=O) groups excluding carboxylic acids is 1. The van der Waals surface area contributed by atoms with Crippen LogP contribution in [-0.2, 0) is 11.0 Å².